The van der Waals surface area contributed by atoms with E-state index < -0.39 is 11.6 Å². The first-order valence-corrected chi connectivity index (χ1v) is 21.6. The van der Waals surface area contributed by atoms with E-state index in [1.54, 1.807) is 25.0 Å². The van der Waals surface area contributed by atoms with Crippen LogP contribution in [0.4, 0.5) is 20.4 Å². The SMILES string of the molecule is CCC(C)n1cnc2c(NCCc3c[nH]c4ccccc34)nc(-c3cncc(F)c3)nc21.CC[C@H](C)n1cnc2c(NCCc3c[nH]c4ccccc34)nc(-c3cncc(F)c3)nc21. The molecule has 1 unspecified atom stereocenters. The molecule has 0 aliphatic carbocycles. The molecule has 0 aliphatic rings. The van der Waals surface area contributed by atoms with E-state index >= 15 is 0 Å². The minimum Gasteiger partial charge on any atom is -0.368 e. The molecule has 0 amide bonds. The van der Waals surface area contributed by atoms with Crippen molar-refractivity contribution < 1.29 is 8.78 Å². The summed E-state index contributed by atoms with van der Waals surface area (Å²) in [6.07, 6.45) is 16.7. The highest BCUT2D eigenvalue weighted by atomic mass is 19.1. The number of aromatic nitrogens is 12. The Kier molecular flexibility index (Phi) is 12.0. The highest BCUT2D eigenvalue weighted by Gasteiger charge is 2.19. The van der Waals surface area contributed by atoms with Crippen LogP contribution in [0.5, 0.6) is 0 Å². The van der Waals surface area contributed by atoms with E-state index in [0.717, 1.165) is 48.0 Å². The molecule has 4 N–H and O–H groups in total. The number of anilines is 2. The minimum atomic E-state index is -0.421. The molecule has 0 spiro atoms. The van der Waals surface area contributed by atoms with Gasteiger partial charge in [-0.3, -0.25) is 9.97 Å². The van der Waals surface area contributed by atoms with Gasteiger partial charge < -0.3 is 29.7 Å². The van der Waals surface area contributed by atoms with Crippen LogP contribution in [0.1, 0.15) is 63.7 Å². The molecule has 10 aromatic rings. The van der Waals surface area contributed by atoms with Crippen molar-refractivity contribution >= 4 is 55.8 Å². The Morgan fingerprint density at radius 1 is 0.594 bits per heavy atom. The van der Waals surface area contributed by atoms with Crippen LogP contribution in [0.2, 0.25) is 0 Å². The van der Waals surface area contributed by atoms with Crippen molar-refractivity contribution in [3.8, 4) is 22.8 Å². The van der Waals surface area contributed by atoms with E-state index in [4.69, 9.17) is 9.97 Å². The Labute approximate surface area is 367 Å². The predicted molar refractivity (Wildman–Crippen MR) is 248 cm³/mol. The van der Waals surface area contributed by atoms with Crippen LogP contribution >= 0.6 is 0 Å². The van der Waals surface area contributed by atoms with Gasteiger partial charge in [0.05, 0.1) is 25.0 Å². The molecule has 8 aromatic heterocycles. The Hall–Kier alpha value is -7.62. The number of pyridine rings is 2. The van der Waals surface area contributed by atoms with Crippen molar-refractivity contribution in [2.75, 3.05) is 23.7 Å². The van der Waals surface area contributed by atoms with Crippen LogP contribution < -0.4 is 10.6 Å². The summed E-state index contributed by atoms with van der Waals surface area (Å²) in [5.41, 5.74) is 8.64. The maximum atomic E-state index is 13.8. The third-order valence-electron chi connectivity index (χ3n) is 11.6. The highest BCUT2D eigenvalue weighted by molar-refractivity contribution is 5.87. The van der Waals surface area contributed by atoms with Gasteiger partial charge in [-0.2, -0.15) is 0 Å². The molecular formula is C48H48F2N14. The fourth-order valence-corrected chi connectivity index (χ4v) is 7.75. The maximum absolute atomic E-state index is 13.8. The standard InChI is InChI=1S/2C24H24FN7/c2*1-3-15(2)32-14-29-21-23(27-9-8-16-12-28-20-7-5-4-6-19(16)20)30-22(31-24(21)32)17-10-18(25)13-26-11-17/h2*4-7,10-15,28H,3,8-9H2,1-2H3,(H,27,30,31)/t15-;/m0./s1. The smallest absolute Gasteiger partial charge is 0.166 e. The van der Waals surface area contributed by atoms with Gasteiger partial charge >= 0.3 is 0 Å². The second-order valence-corrected chi connectivity index (χ2v) is 15.8. The topological polar surface area (TPSA) is 169 Å². The highest BCUT2D eigenvalue weighted by Crippen LogP contribution is 2.29. The van der Waals surface area contributed by atoms with Crippen LogP contribution in [0, 0.1) is 11.6 Å². The molecule has 0 saturated carbocycles. The van der Waals surface area contributed by atoms with Crippen LogP contribution in [0.25, 0.3) is 66.9 Å². The number of aromatic amines is 2. The number of H-pyrrole nitrogens is 2. The lowest BCUT2D eigenvalue weighted by Gasteiger charge is -2.13. The number of nitrogens with one attached hydrogen (secondary N) is 4. The van der Waals surface area contributed by atoms with Crippen molar-refractivity contribution in [2.45, 2.75) is 65.5 Å². The zero-order valence-electron chi connectivity index (χ0n) is 36.0. The Bertz CT molecular complexity index is 2990. The predicted octanol–water partition coefficient (Wildman–Crippen LogP) is 10.3. The van der Waals surface area contributed by atoms with Crippen LogP contribution in [0.15, 0.2) is 110 Å². The number of para-hydroxylation sites is 2. The average molecular weight is 859 g/mol. The van der Waals surface area contributed by atoms with Gasteiger partial charge in [-0.15, -0.1) is 0 Å². The van der Waals surface area contributed by atoms with E-state index in [1.165, 1.54) is 46.4 Å². The molecule has 0 saturated heterocycles. The normalized spacial score (nSPS) is 12.5. The summed E-state index contributed by atoms with van der Waals surface area (Å²) >= 11 is 0. The van der Waals surface area contributed by atoms with Gasteiger partial charge in [-0.1, -0.05) is 50.2 Å². The van der Waals surface area contributed by atoms with Gasteiger partial charge in [0.1, 0.15) is 22.7 Å². The lowest BCUT2D eigenvalue weighted by atomic mass is 10.1. The number of nitrogens with zero attached hydrogens (tertiary/aromatic N) is 10. The molecule has 0 aliphatic heterocycles. The van der Waals surface area contributed by atoms with Gasteiger partial charge in [0.15, 0.2) is 34.6 Å². The summed E-state index contributed by atoms with van der Waals surface area (Å²) in [5, 5.41) is 9.30. The Morgan fingerprint density at radius 2 is 1.03 bits per heavy atom. The molecule has 0 radical (unpaired) electrons. The van der Waals surface area contributed by atoms with Crippen LogP contribution in [-0.4, -0.2) is 72.1 Å². The third-order valence-corrected chi connectivity index (χ3v) is 11.6. The van der Waals surface area contributed by atoms with Gasteiger partial charge in [0.2, 0.25) is 0 Å². The fraction of sp³-hybridized carbons (Fsp3) is 0.250. The number of imidazole rings is 2. The van der Waals surface area contributed by atoms with E-state index in [9.17, 15) is 8.78 Å². The first-order valence-electron chi connectivity index (χ1n) is 21.6. The average Bonchev–Trinajstić information content (AvgIpc) is 4.14. The van der Waals surface area contributed by atoms with Gasteiger partial charge in [0.25, 0.3) is 0 Å². The zero-order chi connectivity index (χ0) is 44.2. The molecule has 64 heavy (non-hydrogen) atoms. The first kappa shape index (κ1) is 41.7. The first-order chi connectivity index (χ1) is 31.3. The van der Waals surface area contributed by atoms with Crippen LogP contribution in [0.3, 0.4) is 0 Å². The van der Waals surface area contributed by atoms with Gasteiger partial charge in [-0.05, 0) is 74.9 Å². The molecule has 8 heterocycles. The monoisotopic (exact) mass is 858 g/mol. The summed E-state index contributed by atoms with van der Waals surface area (Å²) in [5.74, 6) is 1.27. The number of hydrogen-bond donors (Lipinski definition) is 4. The number of benzene rings is 2. The third kappa shape index (κ3) is 8.58. The van der Waals surface area contributed by atoms with Gasteiger partial charge in [-0.25, -0.2) is 38.7 Å². The molecule has 2 aromatic carbocycles. The van der Waals surface area contributed by atoms with E-state index in [2.05, 4.69) is 102 Å². The lowest BCUT2D eigenvalue weighted by Crippen LogP contribution is -2.09. The second-order valence-electron chi connectivity index (χ2n) is 15.8. The van der Waals surface area contributed by atoms with E-state index in [1.807, 2.05) is 45.8 Å². The largest absolute Gasteiger partial charge is 0.368 e. The van der Waals surface area contributed by atoms with Crippen molar-refractivity contribution in [3.05, 3.63) is 133 Å². The van der Waals surface area contributed by atoms with Crippen molar-refractivity contribution in [1.29, 1.82) is 0 Å². The number of hydrogen-bond acceptors (Lipinski definition) is 10. The molecule has 2 atom stereocenters. The zero-order valence-corrected chi connectivity index (χ0v) is 36.0. The summed E-state index contributed by atoms with van der Waals surface area (Å²) < 4.78 is 31.7. The van der Waals surface area contributed by atoms with E-state index in [-0.39, 0.29) is 12.1 Å². The van der Waals surface area contributed by atoms with Crippen molar-refractivity contribution in [3.63, 3.8) is 0 Å². The molecule has 0 fully saturated rings. The maximum Gasteiger partial charge on any atom is 0.166 e. The number of halogens is 2. The molecule has 10 rings (SSSR count). The summed E-state index contributed by atoms with van der Waals surface area (Å²) in [4.78, 5) is 42.5. The molecule has 14 nitrogen and oxygen atoms in total. The van der Waals surface area contributed by atoms with Crippen LogP contribution in [-0.2, 0) is 12.8 Å². The summed E-state index contributed by atoms with van der Waals surface area (Å²) in [6, 6.07) is 19.8. The number of rotatable bonds is 14. The van der Waals surface area contributed by atoms with Crippen molar-refractivity contribution in [2.24, 2.45) is 0 Å². The lowest BCUT2D eigenvalue weighted by molar-refractivity contribution is 0.541. The summed E-state index contributed by atoms with van der Waals surface area (Å²) in [6.45, 7) is 9.83. The Morgan fingerprint density at radius 3 is 1.45 bits per heavy atom. The molecule has 16 heteroatoms. The molecular weight excluding hydrogens is 811 g/mol. The van der Waals surface area contributed by atoms with Crippen molar-refractivity contribution in [1.82, 2.24) is 59.0 Å². The van der Waals surface area contributed by atoms with Gasteiger partial charge in [0, 0.05) is 82.9 Å². The molecule has 0 bridgehead atoms. The Balaban J connectivity index is 0.000000162. The fourth-order valence-electron chi connectivity index (χ4n) is 7.75. The minimum absolute atomic E-state index is 0.229. The second kappa shape index (κ2) is 18.4. The summed E-state index contributed by atoms with van der Waals surface area (Å²) in [7, 11) is 0. The van der Waals surface area contributed by atoms with E-state index in [0.29, 0.717) is 58.5 Å². The number of fused-ring (bicyclic) bond motifs is 4. The molecule has 324 valence electrons. The quantitative estimate of drug-likeness (QED) is 0.0826.